The first-order valence-corrected chi connectivity index (χ1v) is 8.92. The maximum Gasteiger partial charge on any atom is 0.0962 e. The van der Waals surface area contributed by atoms with Crippen molar-refractivity contribution < 1.29 is 0 Å². The quantitative estimate of drug-likeness (QED) is 0.582. The van der Waals surface area contributed by atoms with Crippen molar-refractivity contribution in [2.45, 2.75) is 19.4 Å². The minimum absolute atomic E-state index is 0.0144. The van der Waals surface area contributed by atoms with Gasteiger partial charge in [0.2, 0.25) is 0 Å². The Kier molecular flexibility index (Phi) is 5.92. The number of benzene rings is 2. The largest absolute Gasteiger partial charge is 0.363 e. The lowest BCUT2D eigenvalue weighted by molar-refractivity contribution is 0.582. The molecule has 4 heteroatoms. The number of hydrogen-bond donors (Lipinski definition) is 2. The summed E-state index contributed by atoms with van der Waals surface area (Å²) >= 11 is 5.99. The highest BCUT2D eigenvalue weighted by Crippen LogP contribution is 2.20. The SMILES string of the molecule is C=C(Nc1cccc(C)c1)NC(Cc1ccccc1)c1ccc(Cl)cn1. The molecule has 1 unspecified atom stereocenters. The van der Waals surface area contributed by atoms with E-state index in [4.69, 9.17) is 11.6 Å². The summed E-state index contributed by atoms with van der Waals surface area (Å²) in [7, 11) is 0. The van der Waals surface area contributed by atoms with Gasteiger partial charge in [-0.1, -0.05) is 60.6 Å². The predicted octanol–water partition coefficient (Wildman–Crippen LogP) is 5.50. The summed E-state index contributed by atoms with van der Waals surface area (Å²) < 4.78 is 0. The molecule has 3 nitrogen and oxygen atoms in total. The molecule has 1 aromatic heterocycles. The predicted molar refractivity (Wildman–Crippen MR) is 109 cm³/mol. The zero-order valence-corrected chi connectivity index (χ0v) is 15.5. The number of pyridine rings is 1. The third-order valence-electron chi connectivity index (χ3n) is 4.05. The minimum atomic E-state index is -0.0144. The van der Waals surface area contributed by atoms with Gasteiger partial charge in [-0.2, -0.15) is 0 Å². The van der Waals surface area contributed by atoms with E-state index in [1.165, 1.54) is 11.1 Å². The van der Waals surface area contributed by atoms with Crippen molar-refractivity contribution in [2.75, 3.05) is 5.32 Å². The molecule has 2 N–H and O–H groups in total. The summed E-state index contributed by atoms with van der Waals surface area (Å²) in [6, 6.07) is 22.3. The fourth-order valence-electron chi connectivity index (χ4n) is 2.82. The van der Waals surface area contributed by atoms with Crippen molar-refractivity contribution in [1.29, 1.82) is 0 Å². The van der Waals surface area contributed by atoms with Crippen LogP contribution >= 0.6 is 11.6 Å². The number of anilines is 1. The van der Waals surface area contributed by atoms with Crippen molar-refractivity contribution in [3.63, 3.8) is 0 Å². The molecule has 1 heterocycles. The van der Waals surface area contributed by atoms with Gasteiger partial charge in [0.1, 0.15) is 0 Å². The molecule has 0 aliphatic heterocycles. The molecule has 3 aromatic rings. The zero-order chi connectivity index (χ0) is 18.4. The van der Waals surface area contributed by atoms with Crippen molar-refractivity contribution in [3.05, 3.63) is 107 Å². The van der Waals surface area contributed by atoms with Crippen LogP contribution in [-0.4, -0.2) is 4.98 Å². The fourth-order valence-corrected chi connectivity index (χ4v) is 2.93. The minimum Gasteiger partial charge on any atom is -0.363 e. The molecular formula is C22H22ClN3. The number of aromatic nitrogens is 1. The molecule has 0 aliphatic carbocycles. The summed E-state index contributed by atoms with van der Waals surface area (Å²) in [5, 5.41) is 7.41. The Bertz CT molecular complexity index is 860. The maximum atomic E-state index is 5.99. The summed E-state index contributed by atoms with van der Waals surface area (Å²) in [5.41, 5.74) is 4.35. The Morgan fingerprint density at radius 2 is 1.88 bits per heavy atom. The van der Waals surface area contributed by atoms with Crippen molar-refractivity contribution in [3.8, 4) is 0 Å². The average Bonchev–Trinajstić information content (AvgIpc) is 2.63. The second-order valence-corrected chi connectivity index (χ2v) is 6.70. The molecule has 0 radical (unpaired) electrons. The van der Waals surface area contributed by atoms with E-state index in [1.54, 1.807) is 6.20 Å². The third-order valence-corrected chi connectivity index (χ3v) is 4.28. The molecule has 3 rings (SSSR count). The van der Waals surface area contributed by atoms with Crippen molar-refractivity contribution in [2.24, 2.45) is 0 Å². The molecule has 0 amide bonds. The molecule has 1 atom stereocenters. The van der Waals surface area contributed by atoms with Crippen LogP contribution < -0.4 is 10.6 Å². The van der Waals surface area contributed by atoms with Crippen molar-refractivity contribution >= 4 is 17.3 Å². The van der Waals surface area contributed by atoms with Gasteiger partial charge in [0.05, 0.1) is 22.6 Å². The lowest BCUT2D eigenvalue weighted by atomic mass is 10.0. The summed E-state index contributed by atoms with van der Waals surface area (Å²) in [6.45, 7) is 6.19. The van der Waals surface area contributed by atoms with Gasteiger partial charge in [-0.25, -0.2) is 0 Å². The van der Waals surface area contributed by atoms with Gasteiger partial charge < -0.3 is 10.6 Å². The summed E-state index contributed by atoms with van der Waals surface area (Å²) in [6.07, 6.45) is 2.47. The highest BCUT2D eigenvalue weighted by atomic mass is 35.5. The molecular weight excluding hydrogens is 342 g/mol. The first-order valence-electron chi connectivity index (χ1n) is 8.54. The number of rotatable bonds is 7. The van der Waals surface area contributed by atoms with Gasteiger partial charge >= 0.3 is 0 Å². The van der Waals surface area contributed by atoms with E-state index in [-0.39, 0.29) is 6.04 Å². The molecule has 0 saturated carbocycles. The summed E-state index contributed by atoms with van der Waals surface area (Å²) in [5.74, 6) is 0.730. The lowest BCUT2D eigenvalue weighted by Gasteiger charge is -2.22. The molecule has 0 saturated heterocycles. The molecule has 0 spiro atoms. The van der Waals surface area contributed by atoms with Crippen LogP contribution in [0.25, 0.3) is 0 Å². The van der Waals surface area contributed by atoms with Crippen LogP contribution in [0.2, 0.25) is 5.02 Å². The highest BCUT2D eigenvalue weighted by molar-refractivity contribution is 6.30. The molecule has 0 bridgehead atoms. The summed E-state index contributed by atoms with van der Waals surface area (Å²) in [4.78, 5) is 4.49. The lowest BCUT2D eigenvalue weighted by Crippen LogP contribution is -2.26. The Hall–Kier alpha value is -2.78. The number of nitrogens with one attached hydrogen (secondary N) is 2. The van der Waals surface area contributed by atoms with E-state index in [0.29, 0.717) is 5.02 Å². The van der Waals surface area contributed by atoms with Crippen LogP contribution in [0.1, 0.15) is 22.9 Å². The van der Waals surface area contributed by atoms with Gasteiger partial charge in [-0.05, 0) is 48.7 Å². The van der Waals surface area contributed by atoms with E-state index in [9.17, 15) is 0 Å². The van der Waals surface area contributed by atoms with Crippen LogP contribution in [0.5, 0.6) is 0 Å². The Morgan fingerprint density at radius 1 is 1.08 bits per heavy atom. The van der Waals surface area contributed by atoms with Gasteiger partial charge in [-0.15, -0.1) is 0 Å². The Balaban J connectivity index is 1.76. The smallest absolute Gasteiger partial charge is 0.0962 e. The molecule has 0 aliphatic rings. The average molecular weight is 364 g/mol. The number of halogens is 1. The molecule has 26 heavy (non-hydrogen) atoms. The monoisotopic (exact) mass is 363 g/mol. The van der Waals surface area contributed by atoms with E-state index in [0.717, 1.165) is 23.6 Å². The fraction of sp³-hybridized carbons (Fsp3) is 0.136. The topological polar surface area (TPSA) is 37.0 Å². The Labute approximate surface area is 159 Å². The van der Waals surface area contributed by atoms with Gasteiger partial charge in [0.15, 0.2) is 0 Å². The van der Waals surface area contributed by atoms with Crippen LogP contribution in [0.4, 0.5) is 5.69 Å². The van der Waals surface area contributed by atoms with Crippen LogP contribution in [-0.2, 0) is 6.42 Å². The maximum absolute atomic E-state index is 5.99. The standard InChI is InChI=1S/C22H22ClN3/c1-16-7-6-10-20(13-16)25-17(2)26-22(14-18-8-4-3-5-9-18)21-12-11-19(23)15-24-21/h3-13,15,22,25-26H,2,14H2,1H3. The number of nitrogens with zero attached hydrogens (tertiary/aromatic N) is 1. The normalized spacial score (nSPS) is 11.6. The first kappa shape index (κ1) is 18.0. The number of hydrogen-bond acceptors (Lipinski definition) is 3. The first-order chi connectivity index (χ1) is 12.6. The molecule has 132 valence electrons. The number of aryl methyl sites for hydroxylation is 1. The Morgan fingerprint density at radius 3 is 2.58 bits per heavy atom. The van der Waals surface area contributed by atoms with Crippen LogP contribution in [0.15, 0.2) is 85.3 Å². The van der Waals surface area contributed by atoms with E-state index < -0.39 is 0 Å². The highest BCUT2D eigenvalue weighted by Gasteiger charge is 2.14. The molecule has 0 fully saturated rings. The van der Waals surface area contributed by atoms with Gasteiger partial charge in [-0.3, -0.25) is 4.98 Å². The van der Waals surface area contributed by atoms with Crippen molar-refractivity contribution in [1.82, 2.24) is 10.3 Å². The second-order valence-electron chi connectivity index (χ2n) is 6.26. The van der Waals surface area contributed by atoms with E-state index in [2.05, 4.69) is 53.4 Å². The van der Waals surface area contributed by atoms with Gasteiger partial charge in [0.25, 0.3) is 0 Å². The van der Waals surface area contributed by atoms with Crippen LogP contribution in [0.3, 0.4) is 0 Å². The van der Waals surface area contributed by atoms with Crippen LogP contribution in [0, 0.1) is 6.92 Å². The third kappa shape index (κ3) is 5.11. The van der Waals surface area contributed by atoms with E-state index in [1.807, 2.05) is 42.5 Å². The molecule has 2 aromatic carbocycles. The van der Waals surface area contributed by atoms with Gasteiger partial charge in [0, 0.05) is 11.9 Å². The second kappa shape index (κ2) is 8.54. The zero-order valence-electron chi connectivity index (χ0n) is 14.7. The van der Waals surface area contributed by atoms with E-state index >= 15 is 0 Å².